The second kappa shape index (κ2) is 6.75. The molecule has 106 valence electrons. The lowest BCUT2D eigenvalue weighted by Crippen LogP contribution is -2.00. The van der Waals surface area contributed by atoms with Gasteiger partial charge < -0.3 is 5.32 Å². The maximum Gasteiger partial charge on any atom is 0.288 e. The molecule has 0 aliphatic carbocycles. The molecule has 0 saturated heterocycles. The Morgan fingerprint density at radius 2 is 1.60 bits per heavy atom. The van der Waals surface area contributed by atoms with Gasteiger partial charge in [0.25, 0.3) is 5.76 Å². The van der Waals surface area contributed by atoms with Gasteiger partial charge in [0.05, 0.1) is 0 Å². The van der Waals surface area contributed by atoms with E-state index < -0.39 is 5.76 Å². The molecule has 1 nitrogen and oxygen atoms in total. The van der Waals surface area contributed by atoms with Crippen molar-refractivity contribution in [1.29, 1.82) is 0 Å². The summed E-state index contributed by atoms with van der Waals surface area (Å²) in [6.07, 6.45) is 0. The molecule has 0 unspecified atom stereocenters. The molecule has 0 aliphatic rings. The van der Waals surface area contributed by atoms with Crippen LogP contribution in [-0.2, 0) is 6.54 Å². The second-order valence-electron chi connectivity index (χ2n) is 4.75. The van der Waals surface area contributed by atoms with Crippen molar-refractivity contribution in [3.63, 3.8) is 0 Å². The Morgan fingerprint density at radius 3 is 2.15 bits per heavy atom. The molecule has 0 amide bonds. The monoisotopic (exact) mass is 293 g/mol. The van der Waals surface area contributed by atoms with E-state index in [2.05, 4.69) is 37.4 Å². The lowest BCUT2D eigenvalue weighted by molar-refractivity contribution is 0.252. The number of hydrogen-bond acceptors (Lipinski definition) is 2. The summed E-state index contributed by atoms with van der Waals surface area (Å²) in [5.74, 6) is -2.37. The summed E-state index contributed by atoms with van der Waals surface area (Å²) < 4.78 is 24.4. The molecule has 2 aromatic rings. The minimum atomic E-state index is -2.37. The van der Waals surface area contributed by atoms with Crippen molar-refractivity contribution in [2.75, 3.05) is 5.32 Å². The molecular formula is C16H17F2NS. The van der Waals surface area contributed by atoms with E-state index >= 15 is 0 Å². The number of aryl methyl sites for hydroxylation is 2. The van der Waals surface area contributed by atoms with E-state index in [1.54, 1.807) is 12.1 Å². The Bertz CT molecular complexity index is 547. The van der Waals surface area contributed by atoms with Gasteiger partial charge in [0.1, 0.15) is 0 Å². The Balaban J connectivity index is 1.96. The normalized spacial score (nSPS) is 10.8. The van der Waals surface area contributed by atoms with E-state index in [0.29, 0.717) is 16.7 Å². The molecule has 0 aromatic heterocycles. The zero-order valence-corrected chi connectivity index (χ0v) is 12.3. The Labute approximate surface area is 122 Å². The minimum absolute atomic E-state index is 0.564. The predicted molar refractivity (Wildman–Crippen MR) is 81.5 cm³/mol. The fraction of sp³-hybridized carbons (Fsp3) is 0.250. The highest BCUT2D eigenvalue weighted by atomic mass is 32.2. The Hall–Kier alpha value is -1.55. The first-order valence-electron chi connectivity index (χ1n) is 6.39. The molecule has 4 heteroatoms. The van der Waals surface area contributed by atoms with Crippen molar-refractivity contribution in [1.82, 2.24) is 0 Å². The molecule has 0 heterocycles. The van der Waals surface area contributed by atoms with Crippen molar-refractivity contribution in [2.45, 2.75) is 31.0 Å². The van der Waals surface area contributed by atoms with Crippen molar-refractivity contribution >= 4 is 17.4 Å². The van der Waals surface area contributed by atoms with Gasteiger partial charge in [0, 0.05) is 17.1 Å². The van der Waals surface area contributed by atoms with Gasteiger partial charge in [-0.2, -0.15) is 8.78 Å². The minimum Gasteiger partial charge on any atom is -0.381 e. The largest absolute Gasteiger partial charge is 0.381 e. The molecule has 20 heavy (non-hydrogen) atoms. The lowest BCUT2D eigenvalue weighted by atomic mass is 10.1. The number of halogens is 2. The van der Waals surface area contributed by atoms with Crippen LogP contribution in [0.2, 0.25) is 0 Å². The van der Waals surface area contributed by atoms with E-state index in [1.807, 2.05) is 12.1 Å². The molecule has 0 radical (unpaired) electrons. The zero-order valence-electron chi connectivity index (χ0n) is 11.5. The number of thioether (sulfide) groups is 1. The molecule has 1 N–H and O–H groups in total. The quantitative estimate of drug-likeness (QED) is 0.757. The number of nitrogens with one attached hydrogen (secondary N) is 1. The van der Waals surface area contributed by atoms with E-state index in [-0.39, 0.29) is 0 Å². The van der Waals surface area contributed by atoms with Gasteiger partial charge in [-0.3, -0.25) is 0 Å². The van der Waals surface area contributed by atoms with Gasteiger partial charge >= 0.3 is 0 Å². The number of anilines is 1. The third-order valence-electron chi connectivity index (χ3n) is 2.86. The summed E-state index contributed by atoms with van der Waals surface area (Å²) in [7, 11) is 0. The zero-order chi connectivity index (χ0) is 14.5. The summed E-state index contributed by atoms with van der Waals surface area (Å²) in [6.45, 7) is 4.88. The third kappa shape index (κ3) is 4.53. The molecule has 2 rings (SSSR count). The fourth-order valence-corrected chi connectivity index (χ4v) is 2.63. The SMILES string of the molecule is Cc1cc(C)cc(CNc2ccc(SC(F)F)cc2)c1. The fourth-order valence-electron chi connectivity index (χ4n) is 2.13. The average molecular weight is 293 g/mol. The number of benzene rings is 2. The topological polar surface area (TPSA) is 12.0 Å². The Morgan fingerprint density at radius 1 is 1.00 bits per heavy atom. The van der Waals surface area contributed by atoms with Gasteiger partial charge in [0.2, 0.25) is 0 Å². The van der Waals surface area contributed by atoms with Gasteiger partial charge in [-0.15, -0.1) is 0 Å². The molecule has 0 aliphatic heterocycles. The van der Waals surface area contributed by atoms with Crippen LogP contribution >= 0.6 is 11.8 Å². The maximum absolute atomic E-state index is 12.2. The molecule has 0 atom stereocenters. The molecule has 0 spiro atoms. The summed E-state index contributed by atoms with van der Waals surface area (Å²) in [4.78, 5) is 0.581. The van der Waals surface area contributed by atoms with E-state index in [9.17, 15) is 8.78 Å². The van der Waals surface area contributed by atoms with Gasteiger partial charge in [-0.05, 0) is 43.7 Å². The first-order valence-corrected chi connectivity index (χ1v) is 7.27. The standard InChI is InChI=1S/C16H17F2NS/c1-11-7-12(2)9-13(8-11)10-19-14-3-5-15(6-4-14)20-16(17)18/h3-9,16,19H,10H2,1-2H3. The maximum atomic E-state index is 12.2. The van der Waals surface area contributed by atoms with E-state index in [4.69, 9.17) is 0 Å². The van der Waals surface area contributed by atoms with E-state index in [0.717, 1.165) is 12.2 Å². The highest BCUT2D eigenvalue weighted by Crippen LogP contribution is 2.26. The highest BCUT2D eigenvalue weighted by Gasteiger charge is 2.04. The Kier molecular flexibility index (Phi) is 5.01. The summed E-state index contributed by atoms with van der Waals surface area (Å²) in [5, 5.41) is 3.30. The van der Waals surface area contributed by atoms with Crippen LogP contribution in [0.5, 0.6) is 0 Å². The summed E-state index contributed by atoms with van der Waals surface area (Å²) in [6, 6.07) is 13.5. The van der Waals surface area contributed by atoms with Crippen LogP contribution < -0.4 is 5.32 Å². The highest BCUT2D eigenvalue weighted by molar-refractivity contribution is 7.99. The lowest BCUT2D eigenvalue weighted by Gasteiger charge is -2.09. The number of hydrogen-bond donors (Lipinski definition) is 1. The van der Waals surface area contributed by atoms with Crippen molar-refractivity contribution in [3.05, 3.63) is 59.2 Å². The average Bonchev–Trinajstić information content (AvgIpc) is 2.36. The van der Waals surface area contributed by atoms with Crippen molar-refractivity contribution in [2.24, 2.45) is 0 Å². The molecule has 0 saturated carbocycles. The first kappa shape index (κ1) is 14.9. The van der Waals surface area contributed by atoms with Crippen LogP contribution in [0.1, 0.15) is 16.7 Å². The van der Waals surface area contributed by atoms with Gasteiger partial charge in [-0.25, -0.2) is 0 Å². The molecule has 0 fully saturated rings. The van der Waals surface area contributed by atoms with Crippen LogP contribution in [0, 0.1) is 13.8 Å². The molecule has 2 aromatic carbocycles. The van der Waals surface area contributed by atoms with Crippen LogP contribution in [0.25, 0.3) is 0 Å². The molecule has 0 bridgehead atoms. The van der Waals surface area contributed by atoms with Crippen molar-refractivity contribution in [3.8, 4) is 0 Å². The van der Waals surface area contributed by atoms with Crippen LogP contribution in [0.15, 0.2) is 47.4 Å². The summed E-state index contributed by atoms with van der Waals surface area (Å²) in [5.41, 5.74) is 4.63. The second-order valence-corrected chi connectivity index (χ2v) is 5.82. The van der Waals surface area contributed by atoms with Crippen LogP contribution in [0.4, 0.5) is 14.5 Å². The van der Waals surface area contributed by atoms with Crippen LogP contribution in [-0.4, -0.2) is 5.76 Å². The number of alkyl halides is 2. The van der Waals surface area contributed by atoms with Gasteiger partial charge in [0.15, 0.2) is 0 Å². The van der Waals surface area contributed by atoms with Crippen LogP contribution in [0.3, 0.4) is 0 Å². The van der Waals surface area contributed by atoms with E-state index in [1.165, 1.54) is 16.7 Å². The predicted octanol–water partition coefficient (Wildman–Crippen LogP) is 5.23. The third-order valence-corrected chi connectivity index (χ3v) is 3.58. The van der Waals surface area contributed by atoms with Crippen molar-refractivity contribution < 1.29 is 8.78 Å². The molecular weight excluding hydrogens is 276 g/mol. The van der Waals surface area contributed by atoms with Gasteiger partial charge in [-0.1, -0.05) is 41.1 Å². The first-order chi connectivity index (χ1) is 9.52. The summed E-state index contributed by atoms with van der Waals surface area (Å²) >= 11 is 0.564. The number of rotatable bonds is 5. The smallest absolute Gasteiger partial charge is 0.288 e.